The molecule has 3 rings (SSSR count). The largest absolute Gasteiger partial charge is 0.339 e. The molecule has 27 heavy (non-hydrogen) atoms. The van der Waals surface area contributed by atoms with Crippen molar-refractivity contribution >= 4 is 34.2 Å². The summed E-state index contributed by atoms with van der Waals surface area (Å²) in [6.07, 6.45) is 3.05. The Labute approximate surface area is 166 Å². The maximum atomic E-state index is 14.6. The minimum Gasteiger partial charge on any atom is -0.322 e. The van der Waals surface area contributed by atoms with Crippen LogP contribution in [0.25, 0.3) is 11.3 Å². The monoisotopic (exact) mass is 486 g/mol. The summed E-state index contributed by atoms with van der Waals surface area (Å²) >= 11 is 0.972. The normalized spacial score (nSPS) is 11.5. The topological polar surface area (TPSA) is 59.8 Å². The first kappa shape index (κ1) is 19.3. The molecule has 0 unspecified atom stereocenters. The van der Waals surface area contributed by atoms with Crippen molar-refractivity contribution in [2.75, 3.05) is 5.32 Å². The molecule has 9 heteroatoms. The predicted molar refractivity (Wildman–Crippen MR) is 103 cm³/mol. The van der Waals surface area contributed by atoms with Crippen molar-refractivity contribution in [2.24, 2.45) is 7.05 Å². The number of carbonyl (C=O) groups excluding carboxylic acids is 1. The Morgan fingerprint density at radius 1 is 1.26 bits per heavy atom. The third-order valence-electron chi connectivity index (χ3n) is 3.94. The quantitative estimate of drug-likeness (QED) is 0.431. The number of rotatable bonds is 4. The van der Waals surface area contributed by atoms with E-state index in [2.05, 4.69) is 15.4 Å². The summed E-state index contributed by atoms with van der Waals surface area (Å²) in [5, 5.41) is 6.35. The highest BCUT2D eigenvalue weighted by Gasteiger charge is 2.31. The van der Waals surface area contributed by atoms with Gasteiger partial charge in [-0.25, -0.2) is 4.39 Å². The molecular weight excluding hydrogens is 472 g/mol. The SMILES string of the molecule is Cc1cnccc1C(=O)Nc1ccc(-c2cc(C(F)(F)I)nn2C)c(F)c1. The van der Waals surface area contributed by atoms with E-state index in [0.717, 1.165) is 34.7 Å². The van der Waals surface area contributed by atoms with E-state index in [0.29, 0.717) is 11.1 Å². The second-order valence-corrected chi connectivity index (χ2v) is 7.23. The number of nitrogens with one attached hydrogen (secondary N) is 1. The van der Waals surface area contributed by atoms with Crippen LogP contribution in [0, 0.1) is 12.7 Å². The van der Waals surface area contributed by atoms with Gasteiger partial charge < -0.3 is 5.32 Å². The molecule has 0 radical (unpaired) electrons. The molecule has 0 bridgehead atoms. The molecule has 0 atom stereocenters. The van der Waals surface area contributed by atoms with Crippen LogP contribution in [0.2, 0.25) is 0 Å². The summed E-state index contributed by atoms with van der Waals surface area (Å²) in [5.74, 6) is -1.06. The van der Waals surface area contributed by atoms with Crippen molar-refractivity contribution in [3.05, 3.63) is 65.4 Å². The zero-order valence-electron chi connectivity index (χ0n) is 14.3. The Balaban J connectivity index is 1.88. The van der Waals surface area contributed by atoms with Crippen molar-refractivity contribution in [3.63, 3.8) is 0 Å². The molecule has 140 valence electrons. The summed E-state index contributed by atoms with van der Waals surface area (Å²) < 4.78 is 39.5. The third kappa shape index (κ3) is 4.12. The highest BCUT2D eigenvalue weighted by molar-refractivity contribution is 14.1. The molecule has 2 heterocycles. The van der Waals surface area contributed by atoms with Gasteiger partial charge in [-0.1, -0.05) is 0 Å². The maximum absolute atomic E-state index is 14.6. The van der Waals surface area contributed by atoms with Crippen LogP contribution in [0.4, 0.5) is 18.9 Å². The first-order chi connectivity index (χ1) is 12.7. The van der Waals surface area contributed by atoms with E-state index in [-0.39, 0.29) is 16.9 Å². The van der Waals surface area contributed by atoms with Gasteiger partial charge in [0.1, 0.15) is 11.5 Å². The van der Waals surface area contributed by atoms with Gasteiger partial charge in [0.2, 0.25) is 0 Å². The Morgan fingerprint density at radius 2 is 2.00 bits per heavy atom. The molecule has 0 aliphatic rings. The lowest BCUT2D eigenvalue weighted by molar-refractivity contribution is 0.102. The number of halogens is 4. The van der Waals surface area contributed by atoms with Crippen molar-refractivity contribution < 1.29 is 18.0 Å². The van der Waals surface area contributed by atoms with Crippen LogP contribution < -0.4 is 5.32 Å². The first-order valence-electron chi connectivity index (χ1n) is 7.80. The second kappa shape index (κ2) is 7.29. The van der Waals surface area contributed by atoms with E-state index >= 15 is 0 Å². The number of alkyl halides is 3. The molecule has 5 nitrogen and oxygen atoms in total. The number of benzene rings is 1. The van der Waals surface area contributed by atoms with Gasteiger partial charge in [0.05, 0.1) is 5.69 Å². The van der Waals surface area contributed by atoms with Gasteiger partial charge in [-0.15, -0.1) is 0 Å². The molecule has 1 aromatic carbocycles. The molecule has 0 spiro atoms. The molecular formula is C18H14F3IN4O. The maximum Gasteiger partial charge on any atom is 0.339 e. The molecule has 1 amide bonds. The molecule has 0 saturated carbocycles. The highest BCUT2D eigenvalue weighted by Crippen LogP contribution is 2.36. The van der Waals surface area contributed by atoms with E-state index in [1.807, 2.05) is 0 Å². The van der Waals surface area contributed by atoms with Gasteiger partial charge in [0, 0.05) is 58.8 Å². The van der Waals surface area contributed by atoms with Crippen LogP contribution >= 0.6 is 22.6 Å². The third-order valence-corrected chi connectivity index (χ3v) is 4.49. The van der Waals surface area contributed by atoms with Gasteiger partial charge in [-0.05, 0) is 42.8 Å². The number of amides is 1. The summed E-state index contributed by atoms with van der Waals surface area (Å²) in [6, 6.07) is 6.76. The fourth-order valence-electron chi connectivity index (χ4n) is 2.59. The number of nitrogens with zero attached hydrogens (tertiary/aromatic N) is 3. The van der Waals surface area contributed by atoms with E-state index in [4.69, 9.17) is 0 Å². The highest BCUT2D eigenvalue weighted by atomic mass is 127. The molecule has 3 aromatic rings. The Morgan fingerprint density at radius 3 is 2.59 bits per heavy atom. The van der Waals surface area contributed by atoms with E-state index in [1.165, 1.54) is 30.1 Å². The van der Waals surface area contributed by atoms with Crippen molar-refractivity contribution in [2.45, 2.75) is 10.9 Å². The van der Waals surface area contributed by atoms with Crippen LogP contribution in [0.1, 0.15) is 21.6 Å². The summed E-state index contributed by atoms with van der Waals surface area (Å²) in [6.45, 7) is 1.74. The average molecular weight is 486 g/mol. The molecule has 0 aliphatic carbocycles. The van der Waals surface area contributed by atoms with Crippen LogP contribution in [0.5, 0.6) is 0 Å². The van der Waals surface area contributed by atoms with Crippen molar-refractivity contribution in [1.82, 2.24) is 14.8 Å². The van der Waals surface area contributed by atoms with E-state index < -0.39 is 21.3 Å². The van der Waals surface area contributed by atoms with Gasteiger partial charge in [0.15, 0.2) is 0 Å². The summed E-state index contributed by atoms with van der Waals surface area (Å²) in [5.41, 5.74) is 1.23. The number of aromatic nitrogens is 3. The number of carbonyl (C=O) groups is 1. The average Bonchev–Trinajstić information content (AvgIpc) is 2.97. The number of aryl methyl sites for hydroxylation is 2. The van der Waals surface area contributed by atoms with E-state index in [9.17, 15) is 18.0 Å². The summed E-state index contributed by atoms with van der Waals surface area (Å²) in [4.78, 5) is 16.2. The smallest absolute Gasteiger partial charge is 0.322 e. The number of pyridine rings is 1. The van der Waals surface area contributed by atoms with Crippen LogP contribution in [-0.2, 0) is 11.0 Å². The fraction of sp³-hybridized carbons (Fsp3) is 0.167. The molecule has 0 saturated heterocycles. The van der Waals surface area contributed by atoms with Gasteiger partial charge in [-0.3, -0.25) is 14.5 Å². The van der Waals surface area contributed by atoms with Gasteiger partial charge in [0.25, 0.3) is 5.91 Å². The fourth-order valence-corrected chi connectivity index (χ4v) is 2.85. The lowest BCUT2D eigenvalue weighted by atomic mass is 10.1. The zero-order chi connectivity index (χ0) is 19.8. The molecule has 0 aliphatic heterocycles. The number of hydrogen-bond acceptors (Lipinski definition) is 3. The standard InChI is InChI=1S/C18H14F3IN4O/c1-10-9-23-6-5-12(10)17(27)24-11-3-4-13(14(19)7-11)15-8-16(18(20,21)22)25-26(15)2/h3-9H,1-2H3,(H,24,27). The van der Waals surface area contributed by atoms with E-state index in [1.54, 1.807) is 19.2 Å². The van der Waals surface area contributed by atoms with Crippen LogP contribution in [0.3, 0.4) is 0 Å². The number of anilines is 1. The minimum absolute atomic E-state index is 0.106. The molecule has 1 N–H and O–H groups in total. The van der Waals surface area contributed by atoms with Gasteiger partial charge in [-0.2, -0.15) is 13.9 Å². The molecule has 2 aromatic heterocycles. The molecule has 0 fully saturated rings. The van der Waals surface area contributed by atoms with Gasteiger partial charge >= 0.3 is 3.93 Å². The Bertz CT molecular complexity index is 1010. The van der Waals surface area contributed by atoms with Crippen molar-refractivity contribution in [1.29, 1.82) is 0 Å². The second-order valence-electron chi connectivity index (χ2n) is 5.88. The first-order valence-corrected chi connectivity index (χ1v) is 8.88. The summed E-state index contributed by atoms with van der Waals surface area (Å²) in [7, 11) is 1.46. The Kier molecular flexibility index (Phi) is 5.22. The minimum atomic E-state index is -3.15. The lowest BCUT2D eigenvalue weighted by Crippen LogP contribution is -2.13. The van der Waals surface area contributed by atoms with Crippen molar-refractivity contribution in [3.8, 4) is 11.3 Å². The number of hydrogen-bond donors (Lipinski definition) is 1. The Hall–Kier alpha value is -2.43. The zero-order valence-corrected chi connectivity index (χ0v) is 16.5. The van der Waals surface area contributed by atoms with Crippen LogP contribution in [0.15, 0.2) is 42.7 Å². The lowest BCUT2D eigenvalue weighted by Gasteiger charge is -2.09. The predicted octanol–water partition coefficient (Wildman–Crippen LogP) is 4.67. The van der Waals surface area contributed by atoms with Crippen LogP contribution in [-0.4, -0.2) is 20.7 Å².